The zero-order valence-electron chi connectivity index (χ0n) is 8.39. The molecule has 1 aromatic rings. The Hall–Kier alpha value is -1.01. The number of nitrogens with one attached hydrogen (secondary N) is 1. The van der Waals surface area contributed by atoms with Gasteiger partial charge in [-0.2, -0.15) is 0 Å². The lowest BCUT2D eigenvalue weighted by Gasteiger charge is -2.06. The minimum atomic E-state index is 0.829. The van der Waals surface area contributed by atoms with Crippen molar-refractivity contribution in [3.05, 3.63) is 22.3 Å². The highest BCUT2D eigenvalue weighted by Gasteiger charge is 2.01. The Morgan fingerprint density at radius 1 is 1.57 bits per heavy atom. The van der Waals surface area contributed by atoms with Gasteiger partial charge in [-0.05, 0) is 41.4 Å². The third-order valence-corrected chi connectivity index (χ3v) is 2.80. The van der Waals surface area contributed by atoms with Gasteiger partial charge < -0.3 is 5.32 Å². The van der Waals surface area contributed by atoms with Crippen molar-refractivity contribution in [2.75, 3.05) is 11.9 Å². The fourth-order valence-corrected chi connectivity index (χ4v) is 1.41. The van der Waals surface area contributed by atoms with E-state index < -0.39 is 0 Å². The highest BCUT2D eigenvalue weighted by molar-refractivity contribution is 9.10. The molecule has 0 aliphatic carbocycles. The summed E-state index contributed by atoms with van der Waals surface area (Å²) in [5, 5.41) is 3.23. The largest absolute Gasteiger partial charge is 0.368 e. The Labute approximate surface area is 93.3 Å². The minimum Gasteiger partial charge on any atom is -0.368 e. The molecule has 0 spiro atoms. The van der Waals surface area contributed by atoms with Gasteiger partial charge in [0.15, 0.2) is 0 Å². The summed E-state index contributed by atoms with van der Waals surface area (Å²) >= 11 is 3.49. The second-order valence-electron chi connectivity index (χ2n) is 2.89. The Balaban J connectivity index is 2.57. The molecule has 2 nitrogen and oxygen atoms in total. The van der Waals surface area contributed by atoms with E-state index in [2.05, 4.69) is 38.1 Å². The van der Waals surface area contributed by atoms with Crippen molar-refractivity contribution in [1.29, 1.82) is 0 Å². The van der Waals surface area contributed by atoms with E-state index in [0.29, 0.717) is 0 Å². The molecule has 1 heterocycles. The lowest BCUT2D eigenvalue weighted by molar-refractivity contribution is 1.06. The third kappa shape index (κ3) is 3.04. The molecule has 0 saturated heterocycles. The number of nitrogens with zero attached hydrogens (tertiary/aromatic N) is 1. The number of pyridine rings is 1. The molecule has 0 bridgehead atoms. The first-order valence-corrected chi connectivity index (χ1v) is 5.29. The van der Waals surface area contributed by atoms with Crippen molar-refractivity contribution >= 4 is 21.7 Å². The van der Waals surface area contributed by atoms with E-state index in [1.165, 1.54) is 5.56 Å². The van der Waals surface area contributed by atoms with Crippen molar-refractivity contribution in [3.63, 3.8) is 0 Å². The van der Waals surface area contributed by atoms with Crippen LogP contribution >= 0.6 is 15.9 Å². The van der Waals surface area contributed by atoms with E-state index >= 15 is 0 Å². The average molecular weight is 253 g/mol. The van der Waals surface area contributed by atoms with Gasteiger partial charge in [-0.1, -0.05) is 0 Å². The van der Waals surface area contributed by atoms with Gasteiger partial charge in [-0.3, -0.25) is 0 Å². The van der Waals surface area contributed by atoms with Gasteiger partial charge in [0.2, 0.25) is 0 Å². The maximum absolute atomic E-state index is 4.23. The van der Waals surface area contributed by atoms with E-state index in [0.717, 1.165) is 23.3 Å². The summed E-state index contributed by atoms with van der Waals surface area (Å²) in [6.45, 7) is 4.72. The second-order valence-corrected chi connectivity index (χ2v) is 3.69. The summed E-state index contributed by atoms with van der Waals surface area (Å²) in [5.74, 6) is 6.75. The summed E-state index contributed by atoms with van der Waals surface area (Å²) in [6, 6.07) is 1.97. The number of hydrogen-bond donors (Lipinski definition) is 1. The first-order chi connectivity index (χ1) is 6.75. The number of anilines is 1. The number of hydrogen-bond acceptors (Lipinski definition) is 2. The predicted octanol–water partition coefficient (Wildman–Crippen LogP) is 2.98. The molecule has 0 fully saturated rings. The summed E-state index contributed by atoms with van der Waals surface area (Å²) in [7, 11) is 0. The van der Waals surface area contributed by atoms with E-state index in [4.69, 9.17) is 0 Å². The monoisotopic (exact) mass is 252 g/mol. The van der Waals surface area contributed by atoms with Crippen LogP contribution in [-0.2, 0) is 0 Å². The third-order valence-electron chi connectivity index (χ3n) is 1.80. The van der Waals surface area contributed by atoms with E-state index in [1.807, 2.05) is 19.9 Å². The summed E-state index contributed by atoms with van der Waals surface area (Å²) in [4.78, 5) is 4.23. The lowest BCUT2D eigenvalue weighted by atomic mass is 10.3. The first-order valence-electron chi connectivity index (χ1n) is 4.50. The van der Waals surface area contributed by atoms with Crippen LogP contribution < -0.4 is 5.32 Å². The molecule has 0 amide bonds. The topological polar surface area (TPSA) is 24.9 Å². The van der Waals surface area contributed by atoms with Crippen molar-refractivity contribution < 1.29 is 0 Å². The van der Waals surface area contributed by atoms with Gasteiger partial charge in [-0.15, -0.1) is 11.8 Å². The molecule has 3 heteroatoms. The molecule has 0 radical (unpaired) electrons. The Kier molecular flexibility index (Phi) is 4.48. The molecule has 1 N–H and O–H groups in total. The molecule has 0 unspecified atom stereocenters. The highest BCUT2D eigenvalue weighted by Crippen LogP contribution is 2.22. The van der Waals surface area contributed by atoms with Crippen molar-refractivity contribution in [2.45, 2.75) is 20.3 Å². The maximum atomic E-state index is 4.23. The number of rotatable bonds is 3. The molecule has 74 valence electrons. The van der Waals surface area contributed by atoms with Crippen LogP contribution in [0.1, 0.15) is 18.9 Å². The van der Waals surface area contributed by atoms with Crippen LogP contribution in [0.2, 0.25) is 0 Å². The molecule has 0 atom stereocenters. The molecule has 0 aliphatic rings. The van der Waals surface area contributed by atoms with Crippen molar-refractivity contribution in [2.24, 2.45) is 0 Å². The number of aromatic nitrogens is 1. The second kappa shape index (κ2) is 5.66. The summed E-state index contributed by atoms with van der Waals surface area (Å²) in [6.07, 6.45) is 2.65. The van der Waals surface area contributed by atoms with Crippen LogP contribution in [0.5, 0.6) is 0 Å². The smallest absolute Gasteiger partial charge is 0.140 e. The highest BCUT2D eigenvalue weighted by atomic mass is 79.9. The minimum absolute atomic E-state index is 0.829. The van der Waals surface area contributed by atoms with Gasteiger partial charge in [0.05, 0.1) is 4.47 Å². The number of aryl methyl sites for hydroxylation is 1. The molecule has 1 aromatic heterocycles. The zero-order valence-corrected chi connectivity index (χ0v) is 9.98. The molecule has 0 aliphatic heterocycles. The van der Waals surface area contributed by atoms with E-state index in [-0.39, 0.29) is 0 Å². The zero-order chi connectivity index (χ0) is 10.4. The molecule has 1 rings (SSSR count). The fourth-order valence-electron chi connectivity index (χ4n) is 1.03. The van der Waals surface area contributed by atoms with Crippen LogP contribution in [0.3, 0.4) is 0 Å². The van der Waals surface area contributed by atoms with E-state index in [1.54, 1.807) is 6.20 Å². The van der Waals surface area contributed by atoms with Crippen molar-refractivity contribution in [1.82, 2.24) is 4.98 Å². The van der Waals surface area contributed by atoms with Crippen LogP contribution in [0.25, 0.3) is 0 Å². The Morgan fingerprint density at radius 3 is 3.07 bits per heavy atom. The van der Waals surface area contributed by atoms with Crippen LogP contribution in [0, 0.1) is 18.8 Å². The molecular formula is C11H13BrN2. The maximum Gasteiger partial charge on any atom is 0.140 e. The quantitative estimate of drug-likeness (QED) is 0.661. The first kappa shape index (κ1) is 11.1. The van der Waals surface area contributed by atoms with Gasteiger partial charge in [0.1, 0.15) is 5.82 Å². The molecular weight excluding hydrogens is 240 g/mol. The SMILES string of the molecule is CC#CCCNc1nccc(C)c1Br. The van der Waals surface area contributed by atoms with Gasteiger partial charge in [0.25, 0.3) is 0 Å². The standard InChI is InChI=1S/C11H13BrN2/c1-3-4-5-7-13-11-10(12)9(2)6-8-14-11/h6,8H,5,7H2,1-2H3,(H,13,14). The lowest BCUT2D eigenvalue weighted by Crippen LogP contribution is -2.03. The Bertz CT molecular complexity index is 363. The van der Waals surface area contributed by atoms with Crippen LogP contribution in [0.4, 0.5) is 5.82 Å². The van der Waals surface area contributed by atoms with Crippen LogP contribution in [0.15, 0.2) is 16.7 Å². The Morgan fingerprint density at radius 2 is 2.36 bits per heavy atom. The van der Waals surface area contributed by atoms with Gasteiger partial charge in [0, 0.05) is 19.2 Å². The molecule has 14 heavy (non-hydrogen) atoms. The van der Waals surface area contributed by atoms with Gasteiger partial charge in [-0.25, -0.2) is 4.98 Å². The summed E-state index contributed by atoms with van der Waals surface area (Å²) < 4.78 is 1.03. The number of halogens is 1. The van der Waals surface area contributed by atoms with Crippen LogP contribution in [-0.4, -0.2) is 11.5 Å². The fraction of sp³-hybridized carbons (Fsp3) is 0.364. The van der Waals surface area contributed by atoms with E-state index in [9.17, 15) is 0 Å². The average Bonchev–Trinajstić information content (AvgIpc) is 2.19. The molecule has 0 aromatic carbocycles. The predicted molar refractivity (Wildman–Crippen MR) is 63.2 cm³/mol. The molecule has 0 saturated carbocycles. The summed E-state index contributed by atoms with van der Waals surface area (Å²) in [5.41, 5.74) is 1.18. The normalized spacial score (nSPS) is 9.07. The van der Waals surface area contributed by atoms with Gasteiger partial charge >= 0.3 is 0 Å². The van der Waals surface area contributed by atoms with Crippen molar-refractivity contribution in [3.8, 4) is 11.8 Å².